The highest BCUT2D eigenvalue weighted by atomic mass is 127. The Morgan fingerprint density at radius 1 is 1.23 bits per heavy atom. The van der Waals surface area contributed by atoms with Gasteiger partial charge in [0.15, 0.2) is 5.96 Å². The third-order valence-corrected chi connectivity index (χ3v) is 5.87. The first-order valence-corrected chi connectivity index (χ1v) is 10.6. The topological polar surface area (TPSA) is 64.7 Å². The molecule has 3 N–H and O–H groups in total. The number of para-hydroxylation sites is 3. The van der Waals surface area contributed by atoms with Crippen molar-refractivity contribution in [3.63, 3.8) is 0 Å². The van der Waals surface area contributed by atoms with E-state index in [0.717, 1.165) is 49.9 Å². The molecule has 2 heterocycles. The molecule has 0 aliphatic carbocycles. The number of H-pyrrole nitrogens is 1. The molecule has 1 fully saturated rings. The Morgan fingerprint density at radius 2 is 2.06 bits per heavy atom. The normalized spacial score (nSPS) is 16.3. The molecule has 1 unspecified atom stereocenters. The van der Waals surface area contributed by atoms with Gasteiger partial charge in [-0.05, 0) is 43.0 Å². The van der Waals surface area contributed by atoms with Crippen molar-refractivity contribution in [2.75, 3.05) is 38.7 Å². The van der Waals surface area contributed by atoms with E-state index in [4.69, 9.17) is 4.74 Å². The van der Waals surface area contributed by atoms with Gasteiger partial charge in [-0.1, -0.05) is 30.3 Å². The number of aliphatic imine (C=N–C) groups is 1. The van der Waals surface area contributed by atoms with Crippen molar-refractivity contribution >= 4 is 46.5 Å². The summed E-state index contributed by atoms with van der Waals surface area (Å²) in [6.07, 6.45) is 4.14. The largest absolute Gasteiger partial charge is 0.495 e. The summed E-state index contributed by atoms with van der Waals surface area (Å²) in [5, 5.41) is 8.36. The number of nitrogens with zero attached hydrogens (tertiary/aromatic N) is 2. The van der Waals surface area contributed by atoms with E-state index in [0.29, 0.717) is 6.04 Å². The fourth-order valence-electron chi connectivity index (χ4n) is 4.26. The van der Waals surface area contributed by atoms with Gasteiger partial charge in [0.25, 0.3) is 0 Å². The predicted molar refractivity (Wildman–Crippen MR) is 140 cm³/mol. The molecular formula is C24H32IN5O. The molecule has 0 amide bonds. The van der Waals surface area contributed by atoms with Crippen molar-refractivity contribution < 1.29 is 4.74 Å². The zero-order valence-electron chi connectivity index (χ0n) is 18.4. The number of benzene rings is 2. The molecule has 7 heteroatoms. The monoisotopic (exact) mass is 533 g/mol. The maximum Gasteiger partial charge on any atom is 0.191 e. The number of aryl methyl sites for hydroxylation is 1. The smallest absolute Gasteiger partial charge is 0.191 e. The number of methoxy groups -OCH3 is 1. The highest BCUT2D eigenvalue weighted by molar-refractivity contribution is 14.0. The Bertz CT molecular complexity index is 1030. The molecule has 0 saturated carbocycles. The van der Waals surface area contributed by atoms with Crippen molar-refractivity contribution in [3.8, 4) is 5.75 Å². The Kier molecular flexibility index (Phi) is 8.06. The number of guanidine groups is 1. The van der Waals surface area contributed by atoms with Crippen LogP contribution in [0.5, 0.6) is 5.75 Å². The number of nitrogens with one attached hydrogen (secondary N) is 3. The van der Waals surface area contributed by atoms with Crippen LogP contribution in [0.1, 0.15) is 17.5 Å². The standard InChI is InChI=1S/C24H31N5O.HI/c1-17-7-6-8-20-18(15-27-23(17)20)11-13-26-24(25-2)28-19-12-14-29(16-19)21-9-4-5-10-22(21)30-3;/h4-10,15,19,27H,11-14,16H2,1-3H3,(H2,25,26,28);1H. The Morgan fingerprint density at radius 3 is 2.87 bits per heavy atom. The van der Waals surface area contributed by atoms with E-state index >= 15 is 0 Å². The van der Waals surface area contributed by atoms with Crippen LogP contribution in [-0.2, 0) is 6.42 Å². The first-order valence-electron chi connectivity index (χ1n) is 10.6. The molecular weight excluding hydrogens is 501 g/mol. The second kappa shape index (κ2) is 10.7. The number of rotatable bonds is 6. The first-order chi connectivity index (χ1) is 14.7. The highest BCUT2D eigenvalue weighted by Crippen LogP contribution is 2.30. The van der Waals surface area contributed by atoms with Gasteiger partial charge in [-0.2, -0.15) is 0 Å². The van der Waals surface area contributed by atoms with Gasteiger partial charge in [0.05, 0.1) is 12.8 Å². The molecule has 31 heavy (non-hydrogen) atoms. The van der Waals surface area contributed by atoms with Gasteiger partial charge >= 0.3 is 0 Å². The molecule has 0 bridgehead atoms. The van der Waals surface area contributed by atoms with Crippen molar-refractivity contribution in [1.82, 2.24) is 15.6 Å². The zero-order valence-corrected chi connectivity index (χ0v) is 20.8. The van der Waals surface area contributed by atoms with E-state index in [1.165, 1.54) is 22.0 Å². The molecule has 1 aliphatic rings. The number of anilines is 1. The van der Waals surface area contributed by atoms with Gasteiger partial charge in [-0.15, -0.1) is 24.0 Å². The summed E-state index contributed by atoms with van der Waals surface area (Å²) in [5.41, 5.74) is 5.00. The summed E-state index contributed by atoms with van der Waals surface area (Å²) in [6.45, 7) is 4.92. The fraction of sp³-hybridized carbons (Fsp3) is 0.375. The lowest BCUT2D eigenvalue weighted by atomic mass is 10.1. The van der Waals surface area contributed by atoms with Crippen LogP contribution in [0.4, 0.5) is 5.69 Å². The second-order valence-corrected chi connectivity index (χ2v) is 7.81. The van der Waals surface area contributed by atoms with E-state index in [9.17, 15) is 0 Å². The minimum Gasteiger partial charge on any atom is -0.495 e. The van der Waals surface area contributed by atoms with Crippen molar-refractivity contribution in [2.24, 2.45) is 4.99 Å². The van der Waals surface area contributed by atoms with Gasteiger partial charge in [0.2, 0.25) is 0 Å². The minimum atomic E-state index is 0. The number of fused-ring (bicyclic) bond motifs is 1. The molecule has 0 radical (unpaired) electrons. The molecule has 6 nitrogen and oxygen atoms in total. The lowest BCUT2D eigenvalue weighted by molar-refractivity contribution is 0.415. The number of ether oxygens (including phenoxy) is 1. The fourth-order valence-corrected chi connectivity index (χ4v) is 4.26. The quantitative estimate of drug-likeness (QED) is 0.254. The van der Waals surface area contributed by atoms with E-state index in [2.05, 4.69) is 69.0 Å². The zero-order chi connectivity index (χ0) is 20.9. The molecule has 1 aliphatic heterocycles. The first kappa shape index (κ1) is 23.2. The lowest BCUT2D eigenvalue weighted by Gasteiger charge is -2.22. The third kappa shape index (κ3) is 5.26. The van der Waals surface area contributed by atoms with Crippen molar-refractivity contribution in [2.45, 2.75) is 25.8 Å². The van der Waals surface area contributed by atoms with Crippen molar-refractivity contribution in [1.29, 1.82) is 0 Å². The Hall–Kier alpha value is -2.42. The molecule has 1 atom stereocenters. The number of aromatic nitrogens is 1. The maximum atomic E-state index is 5.52. The minimum absolute atomic E-state index is 0. The summed E-state index contributed by atoms with van der Waals surface area (Å²) >= 11 is 0. The van der Waals surface area contributed by atoms with Crippen LogP contribution in [0.25, 0.3) is 10.9 Å². The SMILES string of the molecule is CN=C(NCCc1c[nH]c2c(C)cccc12)NC1CCN(c2ccccc2OC)C1.I. The van der Waals surface area contributed by atoms with Crippen LogP contribution in [0.15, 0.2) is 53.7 Å². The third-order valence-electron chi connectivity index (χ3n) is 5.87. The molecule has 4 rings (SSSR count). The predicted octanol–water partition coefficient (Wildman–Crippen LogP) is 4.09. The number of hydrogen-bond acceptors (Lipinski definition) is 3. The Labute approximate surface area is 201 Å². The second-order valence-electron chi connectivity index (χ2n) is 7.81. The van der Waals surface area contributed by atoms with Crippen molar-refractivity contribution in [3.05, 3.63) is 59.8 Å². The molecule has 0 spiro atoms. The lowest BCUT2D eigenvalue weighted by Crippen LogP contribution is -2.45. The van der Waals surface area contributed by atoms with Crippen LogP contribution in [0.3, 0.4) is 0 Å². The molecule has 1 saturated heterocycles. The summed E-state index contributed by atoms with van der Waals surface area (Å²) in [7, 11) is 3.56. The highest BCUT2D eigenvalue weighted by Gasteiger charge is 2.25. The average molecular weight is 533 g/mol. The van der Waals surface area contributed by atoms with E-state index in [1.807, 2.05) is 19.2 Å². The van der Waals surface area contributed by atoms with Crippen LogP contribution in [0.2, 0.25) is 0 Å². The molecule has 1 aromatic heterocycles. The van der Waals surface area contributed by atoms with Gasteiger partial charge in [-0.3, -0.25) is 4.99 Å². The average Bonchev–Trinajstić information content (AvgIpc) is 3.41. The summed E-state index contributed by atoms with van der Waals surface area (Å²) in [6, 6.07) is 15.0. The van der Waals surface area contributed by atoms with Gasteiger partial charge < -0.3 is 25.3 Å². The van der Waals surface area contributed by atoms with Gasteiger partial charge in [0.1, 0.15) is 5.75 Å². The number of hydrogen-bond donors (Lipinski definition) is 3. The molecule has 166 valence electrons. The van der Waals surface area contributed by atoms with Gasteiger partial charge in [0, 0.05) is 49.8 Å². The summed E-state index contributed by atoms with van der Waals surface area (Å²) in [4.78, 5) is 10.2. The Balaban J connectivity index is 0.00000272. The van der Waals surface area contributed by atoms with E-state index < -0.39 is 0 Å². The van der Waals surface area contributed by atoms with Crippen LogP contribution >= 0.6 is 24.0 Å². The van der Waals surface area contributed by atoms with Gasteiger partial charge in [-0.25, -0.2) is 0 Å². The van der Waals surface area contributed by atoms with Crippen LogP contribution in [-0.4, -0.2) is 50.8 Å². The molecule has 2 aromatic carbocycles. The summed E-state index contributed by atoms with van der Waals surface area (Å²) in [5.74, 6) is 1.78. The number of aromatic amines is 1. The maximum absolute atomic E-state index is 5.52. The molecule has 3 aromatic rings. The van der Waals surface area contributed by atoms with Crippen LogP contribution < -0.4 is 20.3 Å². The van der Waals surface area contributed by atoms with Crippen LogP contribution in [0, 0.1) is 6.92 Å². The van der Waals surface area contributed by atoms with E-state index in [-0.39, 0.29) is 24.0 Å². The number of halogens is 1. The summed E-state index contributed by atoms with van der Waals surface area (Å²) < 4.78 is 5.52. The van der Waals surface area contributed by atoms with E-state index in [1.54, 1.807) is 7.11 Å².